The summed E-state index contributed by atoms with van der Waals surface area (Å²) < 4.78 is 36.0. The van der Waals surface area contributed by atoms with Gasteiger partial charge in [-0.3, -0.25) is 4.79 Å². The molecule has 1 aliphatic rings. The highest BCUT2D eigenvalue weighted by Gasteiger charge is 2.26. The van der Waals surface area contributed by atoms with Gasteiger partial charge >= 0.3 is 0 Å². The van der Waals surface area contributed by atoms with Gasteiger partial charge in [0.1, 0.15) is 16.9 Å². The number of methoxy groups -OCH3 is 1. The molecule has 0 aliphatic carbocycles. The molecule has 0 spiro atoms. The van der Waals surface area contributed by atoms with E-state index in [1.165, 1.54) is 10.6 Å². The Morgan fingerprint density at radius 1 is 1.10 bits per heavy atom. The topological polar surface area (TPSA) is 92.1 Å². The number of furan rings is 1. The molecular formula is C20H23N3O5S. The molecule has 8 nitrogen and oxygen atoms in total. The number of piperazine rings is 1. The zero-order chi connectivity index (χ0) is 20.6. The van der Waals surface area contributed by atoms with Crippen molar-refractivity contribution in [2.45, 2.75) is 0 Å². The van der Waals surface area contributed by atoms with Crippen LogP contribution in [0, 0.1) is 0 Å². The minimum atomic E-state index is -3.22. The lowest BCUT2D eigenvalue weighted by Gasteiger charge is -2.33. The number of sulfonamides is 1. The van der Waals surface area contributed by atoms with Crippen LogP contribution in [-0.2, 0) is 14.8 Å². The second-order valence-corrected chi connectivity index (χ2v) is 9.03. The fourth-order valence-electron chi connectivity index (χ4n) is 3.61. The van der Waals surface area contributed by atoms with Crippen molar-refractivity contribution in [3.63, 3.8) is 0 Å². The van der Waals surface area contributed by atoms with Gasteiger partial charge in [0.05, 0.1) is 25.6 Å². The SMILES string of the molecule is COc1cc2c(cc1NCC(=O)N1CCN(S(C)(=O)=O)CC1)oc1ccccc12. The van der Waals surface area contributed by atoms with Crippen LogP contribution in [0.25, 0.3) is 21.9 Å². The van der Waals surface area contributed by atoms with Crippen LogP contribution in [0.2, 0.25) is 0 Å². The van der Waals surface area contributed by atoms with E-state index in [-0.39, 0.29) is 12.5 Å². The van der Waals surface area contributed by atoms with Gasteiger partial charge in [-0.25, -0.2) is 8.42 Å². The third kappa shape index (κ3) is 3.88. The molecule has 1 fully saturated rings. The van der Waals surface area contributed by atoms with Crippen molar-refractivity contribution in [1.29, 1.82) is 0 Å². The summed E-state index contributed by atoms with van der Waals surface area (Å²) in [5.41, 5.74) is 2.17. The van der Waals surface area contributed by atoms with E-state index in [1.54, 1.807) is 12.0 Å². The number of benzene rings is 2. The lowest BCUT2D eigenvalue weighted by atomic mass is 10.1. The van der Waals surface area contributed by atoms with Gasteiger partial charge in [0, 0.05) is 43.0 Å². The third-order valence-electron chi connectivity index (χ3n) is 5.19. The predicted octanol–water partition coefficient (Wildman–Crippen LogP) is 2.11. The molecule has 0 saturated carbocycles. The van der Waals surface area contributed by atoms with E-state index in [9.17, 15) is 13.2 Å². The van der Waals surface area contributed by atoms with Crippen LogP contribution in [0.5, 0.6) is 5.75 Å². The molecule has 0 radical (unpaired) electrons. The Morgan fingerprint density at radius 3 is 2.52 bits per heavy atom. The van der Waals surface area contributed by atoms with Crippen LogP contribution in [-0.4, -0.2) is 69.6 Å². The van der Waals surface area contributed by atoms with Crippen LogP contribution in [0.4, 0.5) is 5.69 Å². The summed E-state index contributed by atoms with van der Waals surface area (Å²) in [7, 11) is -1.63. The van der Waals surface area contributed by atoms with E-state index in [1.807, 2.05) is 36.4 Å². The normalized spacial score (nSPS) is 15.7. The number of nitrogens with one attached hydrogen (secondary N) is 1. The summed E-state index contributed by atoms with van der Waals surface area (Å²) >= 11 is 0. The van der Waals surface area contributed by atoms with Crippen LogP contribution in [0.1, 0.15) is 0 Å². The minimum absolute atomic E-state index is 0.0843. The highest BCUT2D eigenvalue weighted by Crippen LogP contribution is 2.36. The fraction of sp³-hybridized carbons (Fsp3) is 0.350. The predicted molar refractivity (Wildman–Crippen MR) is 112 cm³/mol. The van der Waals surface area contributed by atoms with Crippen molar-refractivity contribution in [2.24, 2.45) is 0 Å². The van der Waals surface area contributed by atoms with Crippen LogP contribution < -0.4 is 10.1 Å². The zero-order valence-electron chi connectivity index (χ0n) is 16.3. The maximum Gasteiger partial charge on any atom is 0.241 e. The number of anilines is 1. The van der Waals surface area contributed by atoms with Gasteiger partial charge in [-0.05, 0) is 12.1 Å². The number of amides is 1. The van der Waals surface area contributed by atoms with Gasteiger partial charge in [-0.2, -0.15) is 4.31 Å². The zero-order valence-corrected chi connectivity index (χ0v) is 17.2. The van der Waals surface area contributed by atoms with Crippen molar-refractivity contribution in [1.82, 2.24) is 9.21 Å². The molecule has 1 saturated heterocycles. The van der Waals surface area contributed by atoms with Crippen molar-refractivity contribution >= 4 is 43.6 Å². The van der Waals surface area contributed by atoms with Crippen molar-refractivity contribution < 1.29 is 22.4 Å². The molecule has 2 aromatic carbocycles. The average molecular weight is 417 g/mol. The number of hydrogen-bond acceptors (Lipinski definition) is 6. The summed E-state index contributed by atoms with van der Waals surface area (Å²) in [5, 5.41) is 5.09. The Morgan fingerprint density at radius 2 is 1.83 bits per heavy atom. The molecular weight excluding hydrogens is 394 g/mol. The van der Waals surface area contributed by atoms with Gasteiger partial charge in [0.15, 0.2) is 0 Å². The monoisotopic (exact) mass is 417 g/mol. The molecule has 0 atom stereocenters. The second-order valence-electron chi connectivity index (χ2n) is 7.04. The molecule has 2 heterocycles. The molecule has 4 rings (SSSR count). The lowest BCUT2D eigenvalue weighted by molar-refractivity contribution is -0.130. The molecule has 1 aromatic heterocycles. The van der Waals surface area contributed by atoms with Crippen molar-refractivity contribution in [2.75, 3.05) is 51.4 Å². The summed E-state index contributed by atoms with van der Waals surface area (Å²) in [6.07, 6.45) is 1.19. The van der Waals surface area contributed by atoms with E-state index >= 15 is 0 Å². The molecule has 154 valence electrons. The van der Waals surface area contributed by atoms with Gasteiger partial charge in [-0.1, -0.05) is 18.2 Å². The Bertz CT molecular complexity index is 1160. The van der Waals surface area contributed by atoms with Gasteiger partial charge in [0.25, 0.3) is 0 Å². The molecule has 9 heteroatoms. The van der Waals surface area contributed by atoms with E-state index in [0.717, 1.165) is 16.4 Å². The maximum atomic E-state index is 12.6. The Kier molecular flexibility index (Phi) is 5.10. The fourth-order valence-corrected chi connectivity index (χ4v) is 4.44. The second kappa shape index (κ2) is 7.57. The highest BCUT2D eigenvalue weighted by atomic mass is 32.2. The first-order chi connectivity index (χ1) is 13.9. The first-order valence-corrected chi connectivity index (χ1v) is 11.2. The molecule has 0 bridgehead atoms. The van der Waals surface area contributed by atoms with E-state index < -0.39 is 10.0 Å². The maximum absolute atomic E-state index is 12.6. The van der Waals surface area contributed by atoms with Crippen molar-refractivity contribution in [3.8, 4) is 5.75 Å². The number of rotatable bonds is 5. The molecule has 1 amide bonds. The van der Waals surface area contributed by atoms with Gasteiger partial charge in [0.2, 0.25) is 15.9 Å². The Labute approximate surface area is 169 Å². The van der Waals surface area contributed by atoms with Crippen LogP contribution >= 0.6 is 0 Å². The van der Waals surface area contributed by atoms with E-state index in [2.05, 4.69) is 5.32 Å². The number of carbonyl (C=O) groups is 1. The number of hydrogen-bond donors (Lipinski definition) is 1. The number of fused-ring (bicyclic) bond motifs is 3. The minimum Gasteiger partial charge on any atom is -0.495 e. The van der Waals surface area contributed by atoms with Crippen LogP contribution in [0.3, 0.4) is 0 Å². The van der Waals surface area contributed by atoms with Gasteiger partial charge < -0.3 is 19.4 Å². The van der Waals surface area contributed by atoms with Crippen LogP contribution in [0.15, 0.2) is 40.8 Å². The molecule has 1 aliphatic heterocycles. The average Bonchev–Trinajstić information content (AvgIpc) is 3.08. The Hall–Kier alpha value is -2.78. The molecule has 3 aromatic rings. The van der Waals surface area contributed by atoms with E-state index in [4.69, 9.17) is 9.15 Å². The molecule has 0 unspecified atom stereocenters. The smallest absolute Gasteiger partial charge is 0.241 e. The number of ether oxygens (including phenoxy) is 1. The summed E-state index contributed by atoms with van der Waals surface area (Å²) in [6.45, 7) is 1.49. The number of nitrogens with zero attached hydrogens (tertiary/aromatic N) is 2. The third-order valence-corrected chi connectivity index (χ3v) is 6.49. The number of para-hydroxylation sites is 1. The summed E-state index contributed by atoms with van der Waals surface area (Å²) in [5.74, 6) is 0.531. The molecule has 1 N–H and O–H groups in total. The summed E-state index contributed by atoms with van der Waals surface area (Å²) in [4.78, 5) is 14.2. The lowest BCUT2D eigenvalue weighted by Crippen LogP contribution is -2.51. The first-order valence-electron chi connectivity index (χ1n) is 9.33. The summed E-state index contributed by atoms with van der Waals surface area (Å²) in [6, 6.07) is 11.5. The standard InChI is InChI=1S/C20H23N3O5S/c1-27-19-11-15-14-5-3-4-6-17(14)28-18(15)12-16(19)21-13-20(24)22-7-9-23(10-8-22)29(2,25)26/h3-6,11-12,21H,7-10,13H2,1-2H3. The van der Waals surface area contributed by atoms with Gasteiger partial charge in [-0.15, -0.1) is 0 Å². The molecule has 29 heavy (non-hydrogen) atoms. The largest absolute Gasteiger partial charge is 0.495 e. The Balaban J connectivity index is 1.48. The van der Waals surface area contributed by atoms with Crippen molar-refractivity contribution in [3.05, 3.63) is 36.4 Å². The van der Waals surface area contributed by atoms with E-state index in [0.29, 0.717) is 43.2 Å². The quantitative estimate of drug-likeness (QED) is 0.684. The first kappa shape index (κ1) is 19.5. The number of carbonyl (C=O) groups excluding carboxylic acids is 1. The highest BCUT2D eigenvalue weighted by molar-refractivity contribution is 7.88.